The third-order valence-corrected chi connectivity index (χ3v) is 2.46. The van der Waals surface area contributed by atoms with E-state index < -0.39 is 11.8 Å². The summed E-state index contributed by atoms with van der Waals surface area (Å²) in [6, 6.07) is 11.3. The average molecular weight is 258 g/mol. The fraction of sp³-hybridized carbons (Fsp3) is 0. The molecule has 0 heterocycles. The van der Waals surface area contributed by atoms with Crippen LogP contribution in [0.4, 0.5) is 4.39 Å². The molecule has 0 fully saturated rings. The van der Waals surface area contributed by atoms with E-state index in [1.807, 2.05) is 0 Å². The number of hydrogen-bond donors (Lipinski definition) is 2. The molecule has 0 saturated carbocycles. The van der Waals surface area contributed by atoms with Crippen LogP contribution in [0, 0.1) is 11.2 Å². The predicted molar refractivity (Wildman–Crippen MR) is 68.8 cm³/mol. The molecule has 0 spiro atoms. The molecule has 96 valence electrons. The van der Waals surface area contributed by atoms with Crippen LogP contribution in [-0.2, 0) is 0 Å². The average Bonchev–Trinajstić information content (AvgIpc) is 2.40. The number of carbonyl (C=O) groups is 1. The van der Waals surface area contributed by atoms with Gasteiger partial charge in [0.25, 0.3) is 0 Å². The van der Waals surface area contributed by atoms with Gasteiger partial charge >= 0.3 is 5.97 Å². The van der Waals surface area contributed by atoms with Crippen LogP contribution in [0.2, 0.25) is 0 Å². The Hall–Kier alpha value is -2.69. The first-order valence-electron chi connectivity index (χ1n) is 5.48. The van der Waals surface area contributed by atoms with Crippen molar-refractivity contribution in [3.8, 4) is 5.75 Å². The highest BCUT2D eigenvalue weighted by Crippen LogP contribution is 2.14. The van der Waals surface area contributed by atoms with Crippen molar-refractivity contribution in [3.05, 3.63) is 65.5 Å². The van der Waals surface area contributed by atoms with Crippen molar-refractivity contribution >= 4 is 11.8 Å². The number of esters is 1. The Kier molecular flexibility index (Phi) is 3.56. The van der Waals surface area contributed by atoms with Crippen molar-refractivity contribution in [1.82, 2.24) is 0 Å². The number of hydrogen-bond acceptors (Lipinski definition) is 3. The number of rotatable bonds is 3. The van der Waals surface area contributed by atoms with Crippen LogP contribution in [0.3, 0.4) is 0 Å². The fourth-order valence-corrected chi connectivity index (χ4v) is 1.45. The molecule has 0 aliphatic heterocycles. The lowest BCUT2D eigenvalue weighted by Crippen LogP contribution is -2.11. The van der Waals surface area contributed by atoms with Gasteiger partial charge in [0.1, 0.15) is 17.4 Å². The minimum absolute atomic E-state index is 0.0589. The van der Waals surface area contributed by atoms with Gasteiger partial charge in [-0.05, 0) is 48.5 Å². The van der Waals surface area contributed by atoms with Gasteiger partial charge in [-0.2, -0.15) is 0 Å². The molecule has 0 aliphatic rings. The first-order valence-corrected chi connectivity index (χ1v) is 5.48. The zero-order chi connectivity index (χ0) is 13.8. The largest absolute Gasteiger partial charge is 0.423 e. The third-order valence-electron chi connectivity index (χ3n) is 2.46. The normalized spacial score (nSPS) is 9.95. The van der Waals surface area contributed by atoms with Crippen LogP contribution >= 0.6 is 0 Å². The first kappa shape index (κ1) is 12.8. The summed E-state index contributed by atoms with van der Waals surface area (Å²) in [5, 5.41) is 7.24. The summed E-state index contributed by atoms with van der Waals surface area (Å²) in [6.45, 7) is 0. The monoisotopic (exact) mass is 258 g/mol. The summed E-state index contributed by atoms with van der Waals surface area (Å²) in [5.74, 6) is -0.714. The number of nitrogen functional groups attached to an aromatic ring is 1. The first-order chi connectivity index (χ1) is 9.06. The van der Waals surface area contributed by atoms with Crippen LogP contribution in [0.1, 0.15) is 15.9 Å². The third kappa shape index (κ3) is 3.16. The number of ether oxygens (including phenoxy) is 1. The molecule has 3 N–H and O–H groups in total. The molecule has 2 rings (SSSR count). The molecule has 0 atom stereocenters. The Balaban J connectivity index is 2.10. The van der Waals surface area contributed by atoms with E-state index in [1.54, 1.807) is 12.1 Å². The highest BCUT2D eigenvalue weighted by molar-refractivity contribution is 5.95. The SMILES string of the molecule is N=C(N)c1ccc(OC(=O)c2ccc(F)cc2)cc1. The quantitative estimate of drug-likeness (QED) is 0.384. The van der Waals surface area contributed by atoms with Crippen LogP contribution in [-0.4, -0.2) is 11.8 Å². The zero-order valence-corrected chi connectivity index (χ0v) is 9.89. The summed E-state index contributed by atoms with van der Waals surface area (Å²) < 4.78 is 17.8. The molecule has 4 nitrogen and oxygen atoms in total. The fourth-order valence-electron chi connectivity index (χ4n) is 1.45. The highest BCUT2D eigenvalue weighted by atomic mass is 19.1. The molecule has 0 aromatic heterocycles. The van der Waals surface area contributed by atoms with E-state index in [9.17, 15) is 9.18 Å². The van der Waals surface area contributed by atoms with Crippen LogP contribution in [0.25, 0.3) is 0 Å². The number of amidine groups is 1. The number of benzene rings is 2. The molecule has 0 bridgehead atoms. The number of carbonyl (C=O) groups excluding carboxylic acids is 1. The Morgan fingerprint density at radius 1 is 1.00 bits per heavy atom. The van der Waals surface area contributed by atoms with Gasteiger partial charge in [0.05, 0.1) is 5.56 Å². The molecule has 19 heavy (non-hydrogen) atoms. The van der Waals surface area contributed by atoms with Crippen molar-refractivity contribution in [2.75, 3.05) is 0 Å². The minimum atomic E-state index is -0.574. The van der Waals surface area contributed by atoms with Gasteiger partial charge in [-0.3, -0.25) is 5.41 Å². The Labute approximate surface area is 109 Å². The zero-order valence-electron chi connectivity index (χ0n) is 9.89. The van der Waals surface area contributed by atoms with Crippen LogP contribution in [0.15, 0.2) is 48.5 Å². The Morgan fingerprint density at radius 2 is 1.53 bits per heavy atom. The van der Waals surface area contributed by atoms with Gasteiger partial charge in [0, 0.05) is 5.56 Å². The number of halogens is 1. The maximum atomic E-state index is 12.7. The van der Waals surface area contributed by atoms with Gasteiger partial charge in [-0.25, -0.2) is 9.18 Å². The topological polar surface area (TPSA) is 76.2 Å². The van der Waals surface area contributed by atoms with E-state index in [2.05, 4.69) is 0 Å². The van der Waals surface area contributed by atoms with Crippen LogP contribution in [0.5, 0.6) is 5.75 Å². The summed E-state index contributed by atoms with van der Waals surface area (Å²) in [5.41, 5.74) is 6.11. The maximum absolute atomic E-state index is 12.7. The lowest BCUT2D eigenvalue weighted by molar-refractivity contribution is 0.0734. The summed E-state index contributed by atoms with van der Waals surface area (Å²) in [4.78, 5) is 11.7. The lowest BCUT2D eigenvalue weighted by Gasteiger charge is -2.05. The van der Waals surface area contributed by atoms with E-state index in [4.69, 9.17) is 15.9 Å². The van der Waals surface area contributed by atoms with Crippen molar-refractivity contribution < 1.29 is 13.9 Å². The second kappa shape index (κ2) is 5.30. The molecular formula is C14H11FN2O2. The van der Waals surface area contributed by atoms with Crippen molar-refractivity contribution in [2.24, 2.45) is 5.73 Å². The second-order valence-corrected chi connectivity index (χ2v) is 3.83. The molecule has 5 heteroatoms. The number of nitrogens with one attached hydrogen (secondary N) is 1. The maximum Gasteiger partial charge on any atom is 0.343 e. The van der Waals surface area contributed by atoms with E-state index in [0.29, 0.717) is 11.3 Å². The lowest BCUT2D eigenvalue weighted by atomic mass is 10.2. The van der Waals surface area contributed by atoms with E-state index in [-0.39, 0.29) is 11.4 Å². The molecule has 0 radical (unpaired) electrons. The summed E-state index contributed by atoms with van der Waals surface area (Å²) in [6.07, 6.45) is 0. The second-order valence-electron chi connectivity index (χ2n) is 3.83. The summed E-state index contributed by atoms with van der Waals surface area (Å²) >= 11 is 0. The molecule has 2 aromatic carbocycles. The Morgan fingerprint density at radius 3 is 2.05 bits per heavy atom. The molecule has 0 saturated heterocycles. The van der Waals surface area contributed by atoms with E-state index in [0.717, 1.165) is 0 Å². The van der Waals surface area contributed by atoms with Gasteiger partial charge in [-0.15, -0.1) is 0 Å². The standard InChI is InChI=1S/C14H11FN2O2/c15-11-5-1-10(2-6-11)14(18)19-12-7-3-9(4-8-12)13(16)17/h1-8H,(H3,16,17). The van der Waals surface area contributed by atoms with Gasteiger partial charge < -0.3 is 10.5 Å². The van der Waals surface area contributed by atoms with E-state index >= 15 is 0 Å². The summed E-state index contributed by atoms with van der Waals surface area (Å²) in [7, 11) is 0. The van der Waals surface area contributed by atoms with Gasteiger partial charge in [0.15, 0.2) is 0 Å². The predicted octanol–water partition coefficient (Wildman–Crippen LogP) is 2.33. The Bertz CT molecular complexity index is 606. The highest BCUT2D eigenvalue weighted by Gasteiger charge is 2.08. The van der Waals surface area contributed by atoms with Crippen molar-refractivity contribution in [3.63, 3.8) is 0 Å². The van der Waals surface area contributed by atoms with E-state index in [1.165, 1.54) is 36.4 Å². The molecular weight excluding hydrogens is 247 g/mol. The van der Waals surface area contributed by atoms with Gasteiger partial charge in [0.2, 0.25) is 0 Å². The van der Waals surface area contributed by atoms with Crippen molar-refractivity contribution in [1.29, 1.82) is 5.41 Å². The molecule has 2 aromatic rings. The number of nitrogens with two attached hydrogens (primary N) is 1. The smallest absolute Gasteiger partial charge is 0.343 e. The molecule has 0 amide bonds. The van der Waals surface area contributed by atoms with Gasteiger partial charge in [-0.1, -0.05) is 0 Å². The molecule has 0 aliphatic carbocycles. The minimum Gasteiger partial charge on any atom is -0.423 e. The van der Waals surface area contributed by atoms with Crippen molar-refractivity contribution in [2.45, 2.75) is 0 Å². The van der Waals surface area contributed by atoms with Crippen LogP contribution < -0.4 is 10.5 Å². The molecule has 0 unspecified atom stereocenters.